The summed E-state index contributed by atoms with van der Waals surface area (Å²) in [5.41, 5.74) is 0. The summed E-state index contributed by atoms with van der Waals surface area (Å²) in [5.74, 6) is 2.84. The number of nitrogens with zero attached hydrogens (tertiary/aromatic N) is 2. The van der Waals surface area contributed by atoms with Crippen LogP contribution < -0.4 is 4.74 Å². The minimum atomic E-state index is 0.0962. The number of ether oxygens (including phenoxy) is 2. The summed E-state index contributed by atoms with van der Waals surface area (Å²) in [6.45, 7) is 6.16. The lowest BCUT2D eigenvalue weighted by Gasteiger charge is -2.32. The normalized spacial score (nSPS) is 27.0. The van der Waals surface area contributed by atoms with Gasteiger partial charge in [-0.3, -0.25) is 9.69 Å². The number of para-hydroxylation sites is 1. The quantitative estimate of drug-likeness (QED) is 0.659. The summed E-state index contributed by atoms with van der Waals surface area (Å²) in [7, 11) is 0. The lowest BCUT2D eigenvalue weighted by molar-refractivity contribution is -0.134. The molecule has 4 rings (SSSR count). The summed E-state index contributed by atoms with van der Waals surface area (Å²) in [6.07, 6.45) is 7.22. The van der Waals surface area contributed by atoms with Gasteiger partial charge in [0.1, 0.15) is 5.75 Å². The third-order valence-electron chi connectivity index (χ3n) is 6.12. The van der Waals surface area contributed by atoms with E-state index < -0.39 is 0 Å². The molecule has 5 nitrogen and oxygen atoms in total. The molecule has 3 atom stereocenters. The van der Waals surface area contributed by atoms with Crippen LogP contribution in [-0.2, 0) is 9.53 Å². The highest BCUT2D eigenvalue weighted by Crippen LogP contribution is 2.43. The monoisotopic (exact) mass is 370 g/mol. The Bertz CT molecular complexity index is 642. The fourth-order valence-electron chi connectivity index (χ4n) is 4.55. The van der Waals surface area contributed by atoms with E-state index in [9.17, 15) is 4.79 Å². The topological polar surface area (TPSA) is 42.0 Å². The fourth-order valence-corrected chi connectivity index (χ4v) is 4.55. The van der Waals surface area contributed by atoms with Crippen molar-refractivity contribution in [3.63, 3.8) is 0 Å². The summed E-state index contributed by atoms with van der Waals surface area (Å²) in [6, 6.07) is 9.60. The molecule has 0 spiro atoms. The van der Waals surface area contributed by atoms with Crippen LogP contribution in [0.1, 0.15) is 12.8 Å². The first-order chi connectivity index (χ1) is 13.3. The smallest absolute Gasteiger partial charge is 0.260 e. The molecule has 1 saturated heterocycles. The molecule has 2 bridgehead atoms. The molecule has 1 aliphatic heterocycles. The number of hydrogen-bond acceptors (Lipinski definition) is 4. The van der Waals surface area contributed by atoms with Crippen LogP contribution >= 0.6 is 0 Å². The Hall–Kier alpha value is -1.85. The second-order valence-corrected chi connectivity index (χ2v) is 7.94. The molecule has 27 heavy (non-hydrogen) atoms. The molecule has 5 heteroatoms. The summed E-state index contributed by atoms with van der Waals surface area (Å²) in [5, 5.41) is 0. The zero-order chi connectivity index (χ0) is 18.5. The predicted molar refractivity (Wildman–Crippen MR) is 105 cm³/mol. The number of rotatable bonds is 8. The van der Waals surface area contributed by atoms with Crippen molar-refractivity contribution in [2.24, 2.45) is 17.8 Å². The molecule has 0 aromatic heterocycles. The van der Waals surface area contributed by atoms with Gasteiger partial charge in [0, 0.05) is 32.7 Å². The Morgan fingerprint density at radius 2 is 1.96 bits per heavy atom. The molecule has 1 aromatic carbocycles. The maximum Gasteiger partial charge on any atom is 0.260 e. The van der Waals surface area contributed by atoms with Crippen LogP contribution in [0, 0.1) is 17.8 Å². The number of amides is 1. The fraction of sp³-hybridized carbons (Fsp3) is 0.591. The van der Waals surface area contributed by atoms with Gasteiger partial charge in [-0.2, -0.15) is 0 Å². The number of fused-ring (bicyclic) bond motifs is 2. The highest BCUT2D eigenvalue weighted by Gasteiger charge is 2.37. The van der Waals surface area contributed by atoms with Crippen molar-refractivity contribution >= 4 is 5.91 Å². The zero-order valence-corrected chi connectivity index (χ0v) is 16.0. The van der Waals surface area contributed by atoms with Gasteiger partial charge in [0.25, 0.3) is 5.91 Å². The molecule has 146 valence electrons. The van der Waals surface area contributed by atoms with E-state index in [1.807, 2.05) is 35.2 Å². The Morgan fingerprint density at radius 3 is 2.67 bits per heavy atom. The van der Waals surface area contributed by atoms with E-state index in [2.05, 4.69) is 17.1 Å². The minimum Gasteiger partial charge on any atom is -0.484 e. The Balaban J connectivity index is 1.33. The molecular weight excluding hydrogens is 340 g/mol. The number of morpholine rings is 1. The van der Waals surface area contributed by atoms with Crippen molar-refractivity contribution in [1.29, 1.82) is 0 Å². The Labute approximate surface area is 161 Å². The molecular formula is C22H30N2O3. The van der Waals surface area contributed by atoms with Gasteiger partial charge in [-0.15, -0.1) is 0 Å². The first-order valence-corrected chi connectivity index (χ1v) is 10.2. The van der Waals surface area contributed by atoms with Crippen LogP contribution in [0.25, 0.3) is 0 Å². The second kappa shape index (κ2) is 8.89. The van der Waals surface area contributed by atoms with E-state index in [0.29, 0.717) is 11.8 Å². The van der Waals surface area contributed by atoms with Crippen LogP contribution in [0.15, 0.2) is 42.5 Å². The number of benzene rings is 1. The van der Waals surface area contributed by atoms with Gasteiger partial charge < -0.3 is 14.4 Å². The average Bonchev–Trinajstić information content (AvgIpc) is 3.34. The van der Waals surface area contributed by atoms with Crippen LogP contribution in [0.5, 0.6) is 5.75 Å². The Morgan fingerprint density at radius 1 is 1.15 bits per heavy atom. The van der Waals surface area contributed by atoms with Crippen molar-refractivity contribution in [1.82, 2.24) is 9.80 Å². The van der Waals surface area contributed by atoms with Gasteiger partial charge in [0.05, 0.1) is 13.2 Å². The molecule has 1 aromatic rings. The highest BCUT2D eigenvalue weighted by atomic mass is 16.5. The number of carbonyl (C=O) groups is 1. The van der Waals surface area contributed by atoms with E-state index in [1.54, 1.807) is 0 Å². The first-order valence-electron chi connectivity index (χ1n) is 10.2. The maximum absolute atomic E-state index is 12.9. The van der Waals surface area contributed by atoms with Crippen LogP contribution in [0.3, 0.4) is 0 Å². The SMILES string of the molecule is O=C(COc1ccccc1)N(CCN1CCOCC1)CC1CC2C=CC1C2. The van der Waals surface area contributed by atoms with Gasteiger partial charge in [0.15, 0.2) is 6.61 Å². The van der Waals surface area contributed by atoms with E-state index in [1.165, 1.54) is 12.8 Å². The van der Waals surface area contributed by atoms with E-state index >= 15 is 0 Å². The standard InChI is InChI=1S/C22H30N2O3/c25-22(17-27-21-4-2-1-3-5-21)24(9-8-23-10-12-26-13-11-23)16-20-15-18-6-7-19(20)14-18/h1-7,18-20H,8-17H2. The molecule has 3 unspecified atom stereocenters. The maximum atomic E-state index is 12.9. The lowest BCUT2D eigenvalue weighted by atomic mass is 9.93. The van der Waals surface area contributed by atoms with Crippen molar-refractivity contribution in [2.45, 2.75) is 12.8 Å². The van der Waals surface area contributed by atoms with Crippen molar-refractivity contribution in [2.75, 3.05) is 52.5 Å². The first kappa shape index (κ1) is 18.5. The van der Waals surface area contributed by atoms with Crippen molar-refractivity contribution in [3.8, 4) is 5.75 Å². The molecule has 2 fully saturated rings. The molecule has 3 aliphatic rings. The summed E-state index contributed by atoms with van der Waals surface area (Å²) >= 11 is 0. The number of hydrogen-bond donors (Lipinski definition) is 0. The van der Waals surface area contributed by atoms with Crippen molar-refractivity contribution in [3.05, 3.63) is 42.5 Å². The molecule has 0 radical (unpaired) electrons. The minimum absolute atomic E-state index is 0.0962. The lowest BCUT2D eigenvalue weighted by Crippen LogP contribution is -2.46. The van der Waals surface area contributed by atoms with E-state index in [0.717, 1.165) is 57.6 Å². The largest absolute Gasteiger partial charge is 0.484 e. The third-order valence-corrected chi connectivity index (χ3v) is 6.12. The van der Waals surface area contributed by atoms with Crippen LogP contribution in [-0.4, -0.2) is 68.3 Å². The zero-order valence-electron chi connectivity index (χ0n) is 16.0. The molecule has 1 saturated carbocycles. The summed E-state index contributed by atoms with van der Waals surface area (Å²) < 4.78 is 11.2. The molecule has 1 amide bonds. The van der Waals surface area contributed by atoms with Crippen molar-refractivity contribution < 1.29 is 14.3 Å². The number of carbonyl (C=O) groups excluding carboxylic acids is 1. The predicted octanol–water partition coefficient (Wildman–Crippen LogP) is 2.44. The summed E-state index contributed by atoms with van der Waals surface area (Å²) in [4.78, 5) is 17.4. The number of allylic oxidation sites excluding steroid dienone is 2. The van der Waals surface area contributed by atoms with Gasteiger partial charge in [0.2, 0.25) is 0 Å². The van der Waals surface area contributed by atoms with E-state index in [4.69, 9.17) is 9.47 Å². The van der Waals surface area contributed by atoms with Crippen LogP contribution in [0.4, 0.5) is 0 Å². The molecule has 2 aliphatic carbocycles. The van der Waals surface area contributed by atoms with Crippen LogP contribution in [0.2, 0.25) is 0 Å². The van der Waals surface area contributed by atoms with Gasteiger partial charge in [-0.1, -0.05) is 30.4 Å². The van der Waals surface area contributed by atoms with Gasteiger partial charge in [-0.05, 0) is 42.7 Å². The second-order valence-electron chi connectivity index (χ2n) is 7.94. The highest BCUT2D eigenvalue weighted by molar-refractivity contribution is 5.77. The molecule has 0 N–H and O–H groups in total. The van der Waals surface area contributed by atoms with Gasteiger partial charge >= 0.3 is 0 Å². The average molecular weight is 370 g/mol. The Kier molecular flexibility index (Phi) is 6.10. The van der Waals surface area contributed by atoms with E-state index in [-0.39, 0.29) is 12.5 Å². The van der Waals surface area contributed by atoms with Gasteiger partial charge in [-0.25, -0.2) is 0 Å². The third kappa shape index (κ3) is 4.90. The molecule has 1 heterocycles.